The van der Waals surface area contributed by atoms with Gasteiger partial charge in [-0.05, 0) is 67.4 Å². The number of carbonyl (C=O) groups is 5. The van der Waals surface area contributed by atoms with Crippen molar-refractivity contribution in [1.29, 1.82) is 0 Å². The van der Waals surface area contributed by atoms with Crippen molar-refractivity contribution in [3.05, 3.63) is 98.5 Å². The number of alkyl halides is 2. The topological polar surface area (TPSA) is 101 Å². The third kappa shape index (κ3) is 6.54. The number of hydrogen-bond acceptors (Lipinski definition) is 6. The molecule has 0 aromatic heterocycles. The number of benzene rings is 3. The Morgan fingerprint density at radius 3 is 2.00 bits per heavy atom. The van der Waals surface area contributed by atoms with Gasteiger partial charge in [0.15, 0.2) is 5.78 Å². The number of carbonyl (C=O) groups excluding carboxylic acids is 5. The molecule has 43 heavy (non-hydrogen) atoms. The van der Waals surface area contributed by atoms with Gasteiger partial charge in [0.2, 0.25) is 0 Å². The van der Waals surface area contributed by atoms with Crippen molar-refractivity contribution in [2.75, 3.05) is 6.54 Å². The molecule has 3 aromatic carbocycles. The van der Waals surface area contributed by atoms with Crippen LogP contribution in [-0.2, 0) is 9.59 Å². The smallest absolute Gasteiger partial charge is 0.345 e. The molecule has 3 amide bonds. The monoisotopic (exact) mass is 768 g/mol. The number of Topliss-reactive ketones (excluding diaryl/α,β-unsaturated/α-hetero) is 1. The van der Waals surface area contributed by atoms with Crippen LogP contribution in [0.2, 0.25) is 15.1 Å². The molecule has 1 saturated heterocycles. The number of nitrogens with zero attached hydrogens (tertiary/aromatic N) is 2. The molecule has 1 heterocycles. The molecule has 0 unspecified atom stereocenters. The fourth-order valence-corrected chi connectivity index (χ4v) is 7.02. The lowest BCUT2D eigenvalue weighted by molar-refractivity contribution is -0.154. The standard InChI is InChI=1S/C30H21Br2Cl3N2O6/c31-22-12-20-21(13-23(22)32)29(41)37(28(20)40)36(27(39)18-3-1-2-4-24(18)34)14-26(38)15-5-8-17(9-6-15)43-30(42)19-10-7-16(33)11-25(19)35/h1-11,20-23H,12-14H2/t20-,21-,22+,23+/m1/s1. The third-order valence-electron chi connectivity index (χ3n) is 7.30. The first kappa shape index (κ1) is 31.7. The summed E-state index contributed by atoms with van der Waals surface area (Å²) in [6.07, 6.45) is 0.788. The lowest BCUT2D eigenvalue weighted by Crippen LogP contribution is -2.52. The van der Waals surface area contributed by atoms with E-state index in [1.807, 2.05) is 0 Å². The Bertz CT molecular complexity index is 1610. The van der Waals surface area contributed by atoms with E-state index in [9.17, 15) is 24.0 Å². The van der Waals surface area contributed by atoms with Crippen molar-refractivity contribution in [2.24, 2.45) is 11.8 Å². The zero-order valence-electron chi connectivity index (χ0n) is 22.0. The summed E-state index contributed by atoms with van der Waals surface area (Å²) in [4.78, 5) is 66.8. The number of fused-ring (bicyclic) bond motifs is 1. The number of amides is 3. The summed E-state index contributed by atoms with van der Waals surface area (Å²) in [5, 5.41) is 2.26. The Balaban J connectivity index is 1.39. The van der Waals surface area contributed by atoms with Gasteiger partial charge in [0, 0.05) is 20.2 Å². The highest BCUT2D eigenvalue weighted by atomic mass is 79.9. The van der Waals surface area contributed by atoms with E-state index in [2.05, 4.69) is 31.9 Å². The van der Waals surface area contributed by atoms with Crippen molar-refractivity contribution < 1.29 is 28.7 Å². The molecule has 1 saturated carbocycles. The minimum atomic E-state index is -0.768. The first-order chi connectivity index (χ1) is 20.5. The number of esters is 1. The van der Waals surface area contributed by atoms with Crippen LogP contribution in [0.3, 0.4) is 0 Å². The number of ketones is 1. The molecule has 0 N–H and O–H groups in total. The second-order valence-electron chi connectivity index (χ2n) is 10.0. The van der Waals surface area contributed by atoms with Gasteiger partial charge in [0.05, 0.1) is 33.0 Å². The summed E-state index contributed by atoms with van der Waals surface area (Å²) in [5.41, 5.74) is 0.295. The predicted molar refractivity (Wildman–Crippen MR) is 168 cm³/mol. The van der Waals surface area contributed by atoms with Gasteiger partial charge in [-0.25, -0.2) is 9.80 Å². The highest BCUT2D eigenvalue weighted by molar-refractivity contribution is 9.12. The molecule has 2 fully saturated rings. The second kappa shape index (κ2) is 13.1. The molecule has 8 nitrogen and oxygen atoms in total. The summed E-state index contributed by atoms with van der Waals surface area (Å²) in [5.74, 6) is -4.27. The van der Waals surface area contributed by atoms with Gasteiger partial charge < -0.3 is 4.74 Å². The average molecular weight is 772 g/mol. The van der Waals surface area contributed by atoms with Crippen LogP contribution in [0.5, 0.6) is 5.75 Å². The average Bonchev–Trinajstić information content (AvgIpc) is 3.20. The molecule has 2 aliphatic rings. The SMILES string of the molecule is O=C(CN(C(=O)c1ccccc1Cl)N1C(=O)[C@@H]2C[C@H](Br)[C@@H](Br)C[C@H]2C1=O)c1ccc(OC(=O)c2ccc(Cl)cc2Cl)cc1. The molecule has 222 valence electrons. The third-order valence-corrected chi connectivity index (χ3v) is 10.9. The Kier molecular flexibility index (Phi) is 9.63. The Labute approximate surface area is 278 Å². The van der Waals surface area contributed by atoms with Gasteiger partial charge in [-0.3, -0.25) is 19.2 Å². The van der Waals surface area contributed by atoms with E-state index in [1.54, 1.807) is 12.1 Å². The molecule has 0 radical (unpaired) electrons. The number of hydrazine groups is 1. The van der Waals surface area contributed by atoms with E-state index in [0.29, 0.717) is 17.9 Å². The van der Waals surface area contributed by atoms with E-state index < -0.39 is 47.9 Å². The van der Waals surface area contributed by atoms with Crippen LogP contribution in [-0.4, -0.2) is 55.7 Å². The molecule has 4 atom stereocenters. The van der Waals surface area contributed by atoms with Gasteiger partial charge in [-0.15, -0.1) is 0 Å². The molecule has 1 aliphatic heterocycles. The zero-order valence-corrected chi connectivity index (χ0v) is 27.5. The van der Waals surface area contributed by atoms with Gasteiger partial charge in [0.1, 0.15) is 12.3 Å². The maximum absolute atomic E-state index is 13.8. The van der Waals surface area contributed by atoms with E-state index >= 15 is 0 Å². The largest absolute Gasteiger partial charge is 0.423 e. The Hall–Kier alpha value is -2.76. The lowest BCUT2D eigenvalue weighted by Gasteiger charge is -2.30. The number of rotatable bonds is 7. The van der Waals surface area contributed by atoms with Gasteiger partial charge in [-0.1, -0.05) is 78.8 Å². The minimum Gasteiger partial charge on any atom is -0.423 e. The van der Waals surface area contributed by atoms with Crippen LogP contribution in [0.1, 0.15) is 43.9 Å². The van der Waals surface area contributed by atoms with Gasteiger partial charge in [0.25, 0.3) is 17.7 Å². The van der Waals surface area contributed by atoms with Crippen LogP contribution in [0, 0.1) is 11.8 Å². The van der Waals surface area contributed by atoms with Crippen molar-refractivity contribution in [3.63, 3.8) is 0 Å². The number of imide groups is 1. The molecular formula is C30H21Br2Cl3N2O6. The van der Waals surface area contributed by atoms with Gasteiger partial charge >= 0.3 is 5.97 Å². The molecule has 13 heteroatoms. The maximum Gasteiger partial charge on any atom is 0.345 e. The molecule has 3 aromatic rings. The highest BCUT2D eigenvalue weighted by Crippen LogP contribution is 2.44. The second-order valence-corrected chi connectivity index (χ2v) is 13.6. The van der Waals surface area contributed by atoms with Crippen LogP contribution in [0.25, 0.3) is 0 Å². The van der Waals surface area contributed by atoms with Crippen LogP contribution in [0.4, 0.5) is 0 Å². The maximum atomic E-state index is 13.8. The summed E-state index contributed by atoms with van der Waals surface area (Å²) < 4.78 is 5.36. The van der Waals surface area contributed by atoms with Crippen molar-refractivity contribution in [3.8, 4) is 5.75 Å². The first-order valence-corrected chi connectivity index (χ1v) is 16.0. The van der Waals surface area contributed by atoms with Crippen molar-refractivity contribution in [1.82, 2.24) is 10.0 Å². The van der Waals surface area contributed by atoms with Crippen molar-refractivity contribution >= 4 is 96.1 Å². The quantitative estimate of drug-likeness (QED) is 0.0842. The molecule has 5 rings (SSSR count). The summed E-state index contributed by atoms with van der Waals surface area (Å²) in [6, 6.07) is 16.2. The predicted octanol–water partition coefficient (Wildman–Crippen LogP) is 7.03. The first-order valence-electron chi connectivity index (χ1n) is 13.0. The summed E-state index contributed by atoms with van der Waals surface area (Å²) in [7, 11) is 0. The van der Waals surface area contributed by atoms with Crippen LogP contribution in [0.15, 0.2) is 66.7 Å². The number of hydrogen-bond donors (Lipinski definition) is 0. The molecular weight excluding hydrogens is 751 g/mol. The van der Waals surface area contributed by atoms with Crippen LogP contribution >= 0.6 is 66.7 Å². The molecule has 1 aliphatic carbocycles. The minimum absolute atomic E-state index is 0.0345. The number of halogens is 5. The summed E-state index contributed by atoms with van der Waals surface area (Å²) >= 11 is 25.4. The van der Waals surface area contributed by atoms with E-state index in [0.717, 1.165) is 10.0 Å². The molecule has 0 bridgehead atoms. The van der Waals surface area contributed by atoms with E-state index in [4.69, 9.17) is 39.5 Å². The zero-order chi connectivity index (χ0) is 31.0. The summed E-state index contributed by atoms with van der Waals surface area (Å²) in [6.45, 7) is -0.615. The van der Waals surface area contributed by atoms with Crippen LogP contribution < -0.4 is 4.74 Å². The highest BCUT2D eigenvalue weighted by Gasteiger charge is 2.54. The molecule has 0 spiro atoms. The fourth-order valence-electron chi connectivity index (χ4n) is 5.08. The fraction of sp³-hybridized carbons (Fsp3) is 0.233. The lowest BCUT2D eigenvalue weighted by atomic mass is 9.81. The van der Waals surface area contributed by atoms with E-state index in [-0.39, 0.29) is 42.1 Å². The van der Waals surface area contributed by atoms with E-state index in [1.165, 1.54) is 54.6 Å². The van der Waals surface area contributed by atoms with Crippen molar-refractivity contribution in [2.45, 2.75) is 22.5 Å². The number of ether oxygens (including phenoxy) is 1. The van der Waals surface area contributed by atoms with Gasteiger partial charge in [-0.2, -0.15) is 5.01 Å². The Morgan fingerprint density at radius 1 is 0.814 bits per heavy atom. The Morgan fingerprint density at radius 2 is 1.42 bits per heavy atom. The normalized spacial score (nSPS) is 21.4.